The number of nitrogens with zero attached hydrogens (tertiary/aromatic N) is 2. The molecule has 0 saturated carbocycles. The number of rotatable bonds is 9. The maximum atomic E-state index is 12.4. The Bertz CT molecular complexity index is 1720. The van der Waals surface area contributed by atoms with Crippen LogP contribution in [0, 0.1) is 5.41 Å². The summed E-state index contributed by atoms with van der Waals surface area (Å²) in [7, 11) is 0. The van der Waals surface area contributed by atoms with Gasteiger partial charge in [-0.25, -0.2) is 4.98 Å². The zero-order chi connectivity index (χ0) is 29.4. The van der Waals surface area contributed by atoms with Crippen molar-refractivity contribution in [2.24, 2.45) is 5.41 Å². The molecular formula is C34H36ClN2O3S+. The van der Waals surface area contributed by atoms with Gasteiger partial charge in [0.1, 0.15) is 17.8 Å². The second-order valence-corrected chi connectivity index (χ2v) is 14.3. The Hall–Kier alpha value is -3.48. The number of para-hydroxylation sites is 1. The number of pyridine rings is 1. The van der Waals surface area contributed by atoms with Crippen LogP contribution in [0.15, 0.2) is 83.8 Å². The van der Waals surface area contributed by atoms with Gasteiger partial charge >= 0.3 is 5.97 Å². The molecule has 5 rings (SSSR count). The third-order valence-corrected chi connectivity index (χ3v) is 8.54. The molecule has 0 atom stereocenters. The standard InChI is InChI=1S/C34H35ClN2O3S/c1-33(2,3)41-31-27-18-26(40-21-25-15-12-23-8-6-7-9-28(23)36-25)16-17-29(27)37(20-22-10-13-24(35)14-11-22)30(31)19-34(4,5)32(38)39/h6-18H,19-21H2,1-5H3,(H,38,39)/p+1. The van der Waals surface area contributed by atoms with E-state index in [4.69, 9.17) is 26.4 Å². The number of aromatic nitrogens is 2. The quantitative estimate of drug-likeness (QED) is 0.129. The van der Waals surface area contributed by atoms with Crippen LogP contribution >= 0.6 is 23.4 Å². The molecule has 0 fully saturated rings. The molecule has 7 heteroatoms. The molecule has 2 aromatic heterocycles. The molecule has 2 heterocycles. The van der Waals surface area contributed by atoms with Gasteiger partial charge in [-0.1, -0.05) is 68.8 Å². The Labute approximate surface area is 250 Å². The Kier molecular flexibility index (Phi) is 8.09. The second kappa shape index (κ2) is 11.4. The van der Waals surface area contributed by atoms with Gasteiger partial charge in [-0.05, 0) is 61.9 Å². The average Bonchev–Trinajstić information content (AvgIpc) is 3.18. The van der Waals surface area contributed by atoms with Crippen LogP contribution in [0.2, 0.25) is 5.02 Å². The van der Waals surface area contributed by atoms with Crippen molar-refractivity contribution in [2.75, 3.05) is 0 Å². The van der Waals surface area contributed by atoms with Crippen molar-refractivity contribution in [3.8, 4) is 5.75 Å². The van der Waals surface area contributed by atoms with E-state index in [2.05, 4.69) is 49.6 Å². The smallest absolute Gasteiger partial charge is 0.521 e. The fraction of sp³-hybridized carbons (Fsp3) is 0.294. The van der Waals surface area contributed by atoms with Crippen LogP contribution in [0.3, 0.4) is 0 Å². The van der Waals surface area contributed by atoms with E-state index in [1.807, 2.05) is 68.4 Å². The normalized spacial score (nSPS) is 12.2. The Morgan fingerprint density at radius 2 is 1.71 bits per heavy atom. The second-order valence-electron chi connectivity index (χ2n) is 12.1. The van der Waals surface area contributed by atoms with Crippen molar-refractivity contribution in [3.05, 3.63) is 101 Å². The summed E-state index contributed by atoms with van der Waals surface area (Å²) in [6.07, 6.45) is 0.452. The van der Waals surface area contributed by atoms with Gasteiger partial charge in [0.25, 0.3) is 0 Å². The minimum atomic E-state index is -0.833. The fourth-order valence-corrected chi connectivity index (χ4v) is 6.15. The van der Waals surface area contributed by atoms with E-state index in [9.17, 15) is 4.79 Å². The molecule has 2 N–H and O–H groups in total. The van der Waals surface area contributed by atoms with Crippen molar-refractivity contribution >= 4 is 51.1 Å². The van der Waals surface area contributed by atoms with Gasteiger partial charge in [0.2, 0.25) is 0 Å². The summed E-state index contributed by atoms with van der Waals surface area (Å²) < 4.78 is 8.48. The summed E-state index contributed by atoms with van der Waals surface area (Å²) in [6, 6.07) is 26.2. The maximum absolute atomic E-state index is 12.4. The van der Waals surface area contributed by atoms with Crippen LogP contribution in [0.5, 0.6) is 5.75 Å². The van der Waals surface area contributed by atoms with E-state index in [0.717, 1.165) is 49.4 Å². The van der Waals surface area contributed by atoms with Crippen LogP contribution in [-0.2, 0) is 24.4 Å². The molecule has 0 amide bonds. The molecule has 5 nitrogen and oxygen atoms in total. The summed E-state index contributed by atoms with van der Waals surface area (Å²) >= 11 is 7.96. The molecule has 0 aliphatic carbocycles. The van der Waals surface area contributed by atoms with Gasteiger partial charge in [0.05, 0.1) is 11.2 Å². The molecule has 0 radical (unpaired) electrons. The number of carbonyl (C=O) groups is 1. The highest BCUT2D eigenvalue weighted by Gasteiger charge is 2.38. The zero-order valence-corrected chi connectivity index (χ0v) is 25.7. The third-order valence-electron chi connectivity index (χ3n) is 7.02. The topological polar surface area (TPSA) is 67.0 Å². The molecule has 0 unspecified atom stereocenters. The van der Waals surface area contributed by atoms with E-state index in [-0.39, 0.29) is 4.75 Å². The molecular weight excluding hydrogens is 552 g/mol. The molecule has 0 bridgehead atoms. The number of ether oxygens (including phenoxy) is 1. The van der Waals surface area contributed by atoms with Crippen molar-refractivity contribution in [2.45, 2.75) is 63.8 Å². The monoisotopic (exact) mass is 587 g/mol. The van der Waals surface area contributed by atoms with Crippen LogP contribution in [-0.4, -0.2) is 25.4 Å². The van der Waals surface area contributed by atoms with Gasteiger partial charge in [0.15, 0.2) is 0 Å². The maximum Gasteiger partial charge on any atom is 0.521 e. The van der Waals surface area contributed by atoms with E-state index in [1.54, 1.807) is 11.8 Å². The Morgan fingerprint density at radius 3 is 2.41 bits per heavy atom. The lowest BCUT2D eigenvalue weighted by molar-refractivity contribution is -0.146. The average molecular weight is 588 g/mol. The Morgan fingerprint density at radius 1 is 0.976 bits per heavy atom. The van der Waals surface area contributed by atoms with Crippen LogP contribution in [0.4, 0.5) is 0 Å². The molecule has 0 aliphatic rings. The largest absolute Gasteiger partial charge is 0.564 e. The number of fused-ring (bicyclic) bond motifs is 2. The van der Waals surface area contributed by atoms with Crippen molar-refractivity contribution < 1.29 is 14.6 Å². The van der Waals surface area contributed by atoms with Crippen molar-refractivity contribution in [3.63, 3.8) is 0 Å². The van der Waals surface area contributed by atoms with Gasteiger partial charge in [-0.15, -0.1) is 11.8 Å². The number of carbonyl (C=O) groups excluding carboxylic acids is 1. The number of hydrogen-bond donors (Lipinski definition) is 0. The van der Waals surface area contributed by atoms with Crippen LogP contribution in [0.25, 0.3) is 21.8 Å². The highest BCUT2D eigenvalue weighted by atomic mass is 35.5. The van der Waals surface area contributed by atoms with Crippen molar-refractivity contribution in [1.82, 2.24) is 9.55 Å². The third kappa shape index (κ3) is 6.71. The van der Waals surface area contributed by atoms with Gasteiger partial charge in [-0.2, -0.15) is 0 Å². The van der Waals surface area contributed by atoms with E-state index in [0.29, 0.717) is 24.6 Å². The predicted octanol–water partition coefficient (Wildman–Crippen LogP) is 8.18. The number of hydrogen-bond acceptors (Lipinski definition) is 4. The summed E-state index contributed by atoms with van der Waals surface area (Å²) in [6.45, 7) is 11.3. The summed E-state index contributed by atoms with van der Waals surface area (Å²) in [5.41, 5.74) is 4.20. The number of benzene rings is 3. The summed E-state index contributed by atoms with van der Waals surface area (Å²) in [4.78, 5) is 18.2. The molecule has 0 aliphatic heterocycles. The first kappa shape index (κ1) is 29.0. The Balaban J connectivity index is 1.58. The number of halogens is 1. The number of thioether (sulfide) groups is 1. The first-order chi connectivity index (χ1) is 19.4. The molecule has 41 heavy (non-hydrogen) atoms. The van der Waals surface area contributed by atoms with Gasteiger partial charge < -0.3 is 14.4 Å². The minimum absolute atomic E-state index is 0.0743. The van der Waals surface area contributed by atoms with E-state index < -0.39 is 11.4 Å². The van der Waals surface area contributed by atoms with Crippen LogP contribution < -0.4 is 4.74 Å². The highest BCUT2D eigenvalue weighted by Crippen LogP contribution is 2.44. The van der Waals surface area contributed by atoms with Crippen LogP contribution in [0.1, 0.15) is 51.6 Å². The van der Waals surface area contributed by atoms with E-state index >= 15 is 0 Å². The van der Waals surface area contributed by atoms with Crippen molar-refractivity contribution in [1.29, 1.82) is 0 Å². The first-order valence-electron chi connectivity index (χ1n) is 13.7. The van der Waals surface area contributed by atoms with Gasteiger partial charge in [-0.3, -0.25) is 0 Å². The molecule has 3 aromatic carbocycles. The zero-order valence-electron chi connectivity index (χ0n) is 24.1. The summed E-state index contributed by atoms with van der Waals surface area (Å²) in [5.74, 6) is 0.189. The lowest BCUT2D eigenvalue weighted by Gasteiger charge is -2.22. The van der Waals surface area contributed by atoms with E-state index in [1.165, 1.54) is 0 Å². The highest BCUT2D eigenvalue weighted by molar-refractivity contribution is 8.00. The fourth-order valence-electron chi connectivity index (χ4n) is 4.84. The molecule has 0 spiro atoms. The molecule has 0 saturated heterocycles. The predicted molar refractivity (Wildman–Crippen MR) is 170 cm³/mol. The first-order valence-corrected chi connectivity index (χ1v) is 14.9. The summed E-state index contributed by atoms with van der Waals surface area (Å²) in [5, 5.41) is 10.8. The molecule has 5 aromatic rings. The minimum Gasteiger partial charge on any atom is -0.564 e. The molecule has 212 valence electrons. The SMILES string of the molecule is CC(C)(C)Sc1c(CC(C)(C)C(=O)[OH2+])n(Cc2ccc(Cl)cc2)c2ccc(OCc3ccc4ccccc4n3)cc12. The lowest BCUT2D eigenvalue weighted by Crippen LogP contribution is -2.28. The van der Waals surface area contributed by atoms with Gasteiger partial charge in [0, 0.05) is 54.4 Å². The lowest BCUT2D eigenvalue weighted by atomic mass is 9.88.